The number of rotatable bonds is 2. The molecule has 82 valence electrons. The molecule has 0 aliphatic carbocycles. The van der Waals surface area contributed by atoms with Gasteiger partial charge in [-0.1, -0.05) is 0 Å². The summed E-state index contributed by atoms with van der Waals surface area (Å²) in [6.45, 7) is 0.555. The van der Waals surface area contributed by atoms with Crippen molar-refractivity contribution in [2.24, 2.45) is 4.99 Å². The molecule has 0 saturated carbocycles. The van der Waals surface area contributed by atoms with Gasteiger partial charge in [0, 0.05) is 34.4 Å². The number of guanidine groups is 1. The van der Waals surface area contributed by atoms with Crippen LogP contribution in [0, 0.1) is 0 Å². The molecule has 0 saturated heterocycles. The van der Waals surface area contributed by atoms with Crippen LogP contribution < -0.4 is 0 Å². The van der Waals surface area contributed by atoms with Gasteiger partial charge in [-0.05, 0) is 12.1 Å². The maximum absolute atomic E-state index is 4.46. The average molecular weight is 207 g/mol. The minimum absolute atomic E-state index is 0.555. The Balaban J connectivity index is 2.70. The van der Waals surface area contributed by atoms with Gasteiger partial charge in [0.1, 0.15) is 0 Å². The standard InChI is InChI=1S/C10H17N5/c1-14(2)10(15(3)4)11-8-9-6-5-7-12-13-9/h5-7H,8H2,1-4H3. The number of hydrogen-bond acceptors (Lipinski definition) is 3. The molecule has 15 heavy (non-hydrogen) atoms. The summed E-state index contributed by atoms with van der Waals surface area (Å²) < 4.78 is 0. The molecule has 1 aromatic rings. The molecule has 5 nitrogen and oxygen atoms in total. The molecule has 0 amide bonds. The smallest absolute Gasteiger partial charge is 0.195 e. The Hall–Kier alpha value is -1.65. The maximum atomic E-state index is 4.46. The van der Waals surface area contributed by atoms with Gasteiger partial charge in [0.05, 0.1) is 12.2 Å². The van der Waals surface area contributed by atoms with Gasteiger partial charge in [-0.15, -0.1) is 0 Å². The molecule has 0 spiro atoms. The van der Waals surface area contributed by atoms with Crippen LogP contribution in [-0.4, -0.2) is 54.1 Å². The van der Waals surface area contributed by atoms with Crippen molar-refractivity contribution in [3.63, 3.8) is 0 Å². The van der Waals surface area contributed by atoms with Crippen LogP contribution in [0.4, 0.5) is 0 Å². The Kier molecular flexibility index (Phi) is 4.03. The van der Waals surface area contributed by atoms with Crippen molar-refractivity contribution in [3.8, 4) is 0 Å². The van der Waals surface area contributed by atoms with Gasteiger partial charge in [0.15, 0.2) is 5.96 Å². The summed E-state index contributed by atoms with van der Waals surface area (Å²) in [6.07, 6.45) is 1.66. The molecule has 0 aromatic carbocycles. The van der Waals surface area contributed by atoms with Gasteiger partial charge < -0.3 is 9.80 Å². The van der Waals surface area contributed by atoms with Crippen molar-refractivity contribution in [1.82, 2.24) is 20.0 Å². The van der Waals surface area contributed by atoms with E-state index in [9.17, 15) is 0 Å². The largest absolute Gasteiger partial charge is 0.349 e. The summed E-state index contributed by atoms with van der Waals surface area (Å²) >= 11 is 0. The molecule has 0 radical (unpaired) electrons. The van der Waals surface area contributed by atoms with E-state index in [2.05, 4.69) is 15.2 Å². The third-order valence-corrected chi connectivity index (χ3v) is 1.81. The van der Waals surface area contributed by atoms with E-state index in [0.29, 0.717) is 6.54 Å². The molecule has 0 fully saturated rings. The second-order valence-corrected chi connectivity index (χ2v) is 3.62. The van der Waals surface area contributed by atoms with Crippen molar-refractivity contribution >= 4 is 5.96 Å². The molecule has 0 atom stereocenters. The lowest BCUT2D eigenvalue weighted by Crippen LogP contribution is -2.35. The van der Waals surface area contributed by atoms with E-state index in [0.717, 1.165) is 11.7 Å². The van der Waals surface area contributed by atoms with Crippen LogP contribution in [0.5, 0.6) is 0 Å². The predicted octanol–water partition coefficient (Wildman–Crippen LogP) is 0.456. The van der Waals surface area contributed by atoms with Crippen molar-refractivity contribution in [2.45, 2.75) is 6.54 Å². The maximum Gasteiger partial charge on any atom is 0.195 e. The molecule has 0 aliphatic heterocycles. The van der Waals surface area contributed by atoms with Gasteiger partial charge in [-0.2, -0.15) is 10.2 Å². The lowest BCUT2D eigenvalue weighted by Gasteiger charge is -2.22. The topological polar surface area (TPSA) is 44.6 Å². The molecule has 1 aromatic heterocycles. The summed E-state index contributed by atoms with van der Waals surface area (Å²) in [6, 6.07) is 3.78. The van der Waals surface area contributed by atoms with E-state index in [1.54, 1.807) is 6.20 Å². The van der Waals surface area contributed by atoms with Crippen LogP contribution in [-0.2, 0) is 6.54 Å². The lowest BCUT2D eigenvalue weighted by molar-refractivity contribution is 0.479. The Morgan fingerprint density at radius 1 is 1.27 bits per heavy atom. The molecular weight excluding hydrogens is 190 g/mol. The third-order valence-electron chi connectivity index (χ3n) is 1.81. The van der Waals surface area contributed by atoms with Gasteiger partial charge in [0.25, 0.3) is 0 Å². The summed E-state index contributed by atoms with van der Waals surface area (Å²) in [5.41, 5.74) is 0.874. The number of hydrogen-bond donors (Lipinski definition) is 0. The van der Waals surface area contributed by atoms with Crippen LogP contribution in [0.25, 0.3) is 0 Å². The fourth-order valence-corrected chi connectivity index (χ4v) is 1.25. The van der Waals surface area contributed by atoms with E-state index in [-0.39, 0.29) is 0 Å². The molecule has 0 unspecified atom stereocenters. The van der Waals surface area contributed by atoms with E-state index in [1.165, 1.54) is 0 Å². The minimum atomic E-state index is 0.555. The van der Waals surface area contributed by atoms with Crippen molar-refractivity contribution < 1.29 is 0 Å². The van der Waals surface area contributed by atoms with Crippen molar-refractivity contribution in [2.75, 3.05) is 28.2 Å². The predicted molar refractivity (Wildman–Crippen MR) is 60.5 cm³/mol. The Morgan fingerprint density at radius 3 is 2.40 bits per heavy atom. The zero-order valence-corrected chi connectivity index (χ0v) is 9.68. The first-order chi connectivity index (χ1) is 7.11. The molecule has 1 rings (SSSR count). The van der Waals surface area contributed by atoms with Crippen molar-refractivity contribution in [1.29, 1.82) is 0 Å². The van der Waals surface area contributed by atoms with Crippen LogP contribution >= 0.6 is 0 Å². The van der Waals surface area contributed by atoms with E-state index >= 15 is 0 Å². The molecule has 1 heterocycles. The second-order valence-electron chi connectivity index (χ2n) is 3.62. The molecular formula is C10H17N5. The average Bonchev–Trinajstić information content (AvgIpc) is 2.18. The first-order valence-electron chi connectivity index (χ1n) is 4.77. The van der Waals surface area contributed by atoms with Crippen LogP contribution in [0.15, 0.2) is 23.3 Å². The molecule has 5 heteroatoms. The van der Waals surface area contributed by atoms with Crippen LogP contribution in [0.1, 0.15) is 5.69 Å². The monoisotopic (exact) mass is 207 g/mol. The SMILES string of the molecule is CN(C)C(=NCc1cccnn1)N(C)C. The minimum Gasteiger partial charge on any atom is -0.349 e. The van der Waals surface area contributed by atoms with Gasteiger partial charge >= 0.3 is 0 Å². The number of aromatic nitrogens is 2. The zero-order chi connectivity index (χ0) is 11.3. The summed E-state index contributed by atoms with van der Waals surface area (Å²) in [5, 5.41) is 7.78. The van der Waals surface area contributed by atoms with E-state index in [1.807, 2.05) is 50.1 Å². The highest BCUT2D eigenvalue weighted by atomic mass is 15.3. The van der Waals surface area contributed by atoms with Crippen LogP contribution in [0.3, 0.4) is 0 Å². The first-order valence-corrected chi connectivity index (χ1v) is 4.77. The van der Waals surface area contributed by atoms with E-state index < -0.39 is 0 Å². The van der Waals surface area contributed by atoms with E-state index in [4.69, 9.17) is 0 Å². The Morgan fingerprint density at radius 2 is 1.93 bits per heavy atom. The normalized spacial score (nSPS) is 9.60. The fourth-order valence-electron chi connectivity index (χ4n) is 1.25. The Labute approximate surface area is 90.4 Å². The number of nitrogens with zero attached hydrogens (tertiary/aromatic N) is 5. The molecule has 0 aliphatic rings. The first kappa shape index (κ1) is 11.4. The van der Waals surface area contributed by atoms with Gasteiger partial charge in [0.2, 0.25) is 0 Å². The Bertz CT molecular complexity index is 308. The van der Waals surface area contributed by atoms with Gasteiger partial charge in [-0.3, -0.25) is 0 Å². The summed E-state index contributed by atoms with van der Waals surface area (Å²) in [7, 11) is 7.87. The van der Waals surface area contributed by atoms with Gasteiger partial charge in [-0.25, -0.2) is 4.99 Å². The summed E-state index contributed by atoms with van der Waals surface area (Å²) in [4.78, 5) is 8.40. The quantitative estimate of drug-likeness (QED) is 0.522. The molecule has 0 N–H and O–H groups in total. The highest BCUT2D eigenvalue weighted by Crippen LogP contribution is 1.96. The third kappa shape index (κ3) is 3.53. The lowest BCUT2D eigenvalue weighted by atomic mass is 10.4. The second kappa shape index (κ2) is 5.29. The zero-order valence-electron chi connectivity index (χ0n) is 9.68. The summed E-state index contributed by atoms with van der Waals surface area (Å²) in [5.74, 6) is 0.917. The highest BCUT2D eigenvalue weighted by molar-refractivity contribution is 5.79. The van der Waals surface area contributed by atoms with Crippen LogP contribution in [0.2, 0.25) is 0 Å². The van der Waals surface area contributed by atoms with Crippen molar-refractivity contribution in [3.05, 3.63) is 24.0 Å². The fraction of sp³-hybridized carbons (Fsp3) is 0.500. The highest BCUT2D eigenvalue weighted by Gasteiger charge is 2.03. The molecule has 0 bridgehead atoms. The number of aliphatic imine (C=N–C) groups is 1.